The lowest BCUT2D eigenvalue weighted by Crippen LogP contribution is -2.10. The van der Waals surface area contributed by atoms with E-state index in [0.717, 1.165) is 28.2 Å². The van der Waals surface area contributed by atoms with Gasteiger partial charge in [0, 0.05) is 18.3 Å². The second-order valence-electron chi connectivity index (χ2n) is 8.61. The number of benzene rings is 3. The van der Waals surface area contributed by atoms with E-state index in [1.165, 1.54) is 23.3 Å². The average molecular weight is 464 g/mol. The maximum absolute atomic E-state index is 13.6. The summed E-state index contributed by atoms with van der Waals surface area (Å²) in [7, 11) is 0. The van der Waals surface area contributed by atoms with Gasteiger partial charge in [-0.25, -0.2) is 19.3 Å². The van der Waals surface area contributed by atoms with Gasteiger partial charge in [-0.2, -0.15) is 0 Å². The SMILES string of the molecule is Cc1cccc(Cn2cnc(-c3ccc(F)cc3)c2-c2ccnc(N[C@@H](C)c3ccccc3)n2)c1. The molecule has 0 spiro atoms. The fourth-order valence-electron chi connectivity index (χ4n) is 4.18. The van der Waals surface area contributed by atoms with Gasteiger partial charge in [-0.15, -0.1) is 0 Å². The highest BCUT2D eigenvalue weighted by Gasteiger charge is 2.18. The molecule has 0 unspecified atom stereocenters. The molecule has 6 heteroatoms. The maximum atomic E-state index is 13.6. The predicted molar refractivity (Wildman–Crippen MR) is 137 cm³/mol. The zero-order valence-electron chi connectivity index (χ0n) is 19.7. The van der Waals surface area contributed by atoms with E-state index in [9.17, 15) is 4.39 Å². The Morgan fingerprint density at radius 1 is 0.914 bits per heavy atom. The maximum Gasteiger partial charge on any atom is 0.223 e. The van der Waals surface area contributed by atoms with Gasteiger partial charge in [0.2, 0.25) is 5.95 Å². The number of nitrogens with one attached hydrogen (secondary N) is 1. The fraction of sp³-hybridized carbons (Fsp3) is 0.138. The first-order chi connectivity index (χ1) is 17.1. The average Bonchev–Trinajstić information content (AvgIpc) is 3.28. The number of imidazole rings is 1. The number of aromatic nitrogens is 4. The lowest BCUT2D eigenvalue weighted by molar-refractivity contribution is 0.628. The first kappa shape index (κ1) is 22.5. The molecule has 0 aliphatic carbocycles. The van der Waals surface area contributed by atoms with Crippen molar-refractivity contribution < 1.29 is 4.39 Å². The van der Waals surface area contributed by atoms with Gasteiger partial charge >= 0.3 is 0 Å². The third-order valence-electron chi connectivity index (χ3n) is 5.93. The predicted octanol–water partition coefficient (Wildman–Crippen LogP) is 6.68. The van der Waals surface area contributed by atoms with Gasteiger partial charge in [-0.1, -0.05) is 60.2 Å². The molecule has 174 valence electrons. The van der Waals surface area contributed by atoms with E-state index in [4.69, 9.17) is 9.97 Å². The van der Waals surface area contributed by atoms with E-state index < -0.39 is 0 Å². The van der Waals surface area contributed by atoms with Gasteiger partial charge in [-0.05, 0) is 55.3 Å². The summed E-state index contributed by atoms with van der Waals surface area (Å²) in [5.74, 6) is 0.255. The highest BCUT2D eigenvalue weighted by Crippen LogP contribution is 2.31. The molecule has 0 fully saturated rings. The van der Waals surface area contributed by atoms with Crippen LogP contribution in [0.1, 0.15) is 29.7 Å². The molecule has 1 atom stereocenters. The van der Waals surface area contributed by atoms with Crippen molar-refractivity contribution in [3.63, 3.8) is 0 Å². The summed E-state index contributed by atoms with van der Waals surface area (Å²) in [5, 5.41) is 3.40. The molecule has 1 N–H and O–H groups in total. The van der Waals surface area contributed by atoms with Crippen LogP contribution in [0.25, 0.3) is 22.6 Å². The number of rotatable bonds is 7. The van der Waals surface area contributed by atoms with Crippen LogP contribution in [0.15, 0.2) is 97.5 Å². The van der Waals surface area contributed by atoms with Gasteiger partial charge in [0.25, 0.3) is 0 Å². The van der Waals surface area contributed by atoms with Gasteiger partial charge in [0.05, 0.1) is 29.5 Å². The van der Waals surface area contributed by atoms with Crippen molar-refractivity contribution >= 4 is 5.95 Å². The highest BCUT2D eigenvalue weighted by atomic mass is 19.1. The molecule has 0 aliphatic rings. The van der Waals surface area contributed by atoms with Crippen LogP contribution in [-0.2, 0) is 6.54 Å². The number of hydrogen-bond acceptors (Lipinski definition) is 4. The van der Waals surface area contributed by atoms with Crippen LogP contribution in [-0.4, -0.2) is 19.5 Å². The van der Waals surface area contributed by atoms with Crippen molar-refractivity contribution in [1.29, 1.82) is 0 Å². The molecule has 0 saturated heterocycles. The highest BCUT2D eigenvalue weighted by molar-refractivity contribution is 5.77. The lowest BCUT2D eigenvalue weighted by atomic mass is 10.1. The summed E-state index contributed by atoms with van der Waals surface area (Å²) >= 11 is 0. The molecule has 35 heavy (non-hydrogen) atoms. The molecule has 0 radical (unpaired) electrons. The minimum atomic E-state index is -0.280. The van der Waals surface area contributed by atoms with Crippen LogP contribution in [0.4, 0.5) is 10.3 Å². The van der Waals surface area contributed by atoms with E-state index in [2.05, 4.69) is 65.1 Å². The summed E-state index contributed by atoms with van der Waals surface area (Å²) in [6.45, 7) is 4.80. The molecule has 0 bridgehead atoms. The standard InChI is InChI=1S/C29H26FN5/c1-20-7-6-8-22(17-20)18-35-19-32-27(24-11-13-25(30)14-12-24)28(35)26-15-16-31-29(34-26)33-21(2)23-9-4-3-5-10-23/h3-17,19,21H,18H2,1-2H3,(H,31,33,34)/t21-/m0/s1. The molecular formula is C29H26FN5. The Kier molecular flexibility index (Phi) is 6.35. The molecule has 2 aromatic heterocycles. The van der Waals surface area contributed by atoms with Crippen molar-refractivity contribution in [3.8, 4) is 22.6 Å². The Hall–Kier alpha value is -4.32. The Morgan fingerprint density at radius 3 is 2.49 bits per heavy atom. The minimum Gasteiger partial charge on any atom is -0.348 e. The molecule has 5 aromatic rings. The number of hydrogen-bond donors (Lipinski definition) is 1. The van der Waals surface area contributed by atoms with E-state index >= 15 is 0 Å². The van der Waals surface area contributed by atoms with Crippen molar-refractivity contribution in [3.05, 3.63) is 120 Å². The molecular weight excluding hydrogens is 437 g/mol. The van der Waals surface area contributed by atoms with Crippen LogP contribution < -0.4 is 5.32 Å². The van der Waals surface area contributed by atoms with Gasteiger partial charge in [-0.3, -0.25) is 0 Å². The van der Waals surface area contributed by atoms with Gasteiger partial charge < -0.3 is 9.88 Å². The number of anilines is 1. The zero-order chi connectivity index (χ0) is 24.2. The monoisotopic (exact) mass is 463 g/mol. The first-order valence-electron chi connectivity index (χ1n) is 11.6. The summed E-state index contributed by atoms with van der Waals surface area (Å²) in [5.41, 5.74) is 6.69. The smallest absolute Gasteiger partial charge is 0.223 e. The zero-order valence-corrected chi connectivity index (χ0v) is 19.7. The molecule has 0 aliphatic heterocycles. The Morgan fingerprint density at radius 2 is 1.71 bits per heavy atom. The number of aryl methyl sites for hydroxylation is 1. The second-order valence-corrected chi connectivity index (χ2v) is 8.61. The summed E-state index contributed by atoms with van der Waals surface area (Å²) < 4.78 is 15.7. The van der Waals surface area contributed by atoms with Crippen molar-refractivity contribution in [1.82, 2.24) is 19.5 Å². The molecule has 3 aromatic carbocycles. The topological polar surface area (TPSA) is 55.6 Å². The van der Waals surface area contributed by atoms with Crippen LogP contribution in [0.5, 0.6) is 0 Å². The second kappa shape index (κ2) is 9.89. The lowest BCUT2D eigenvalue weighted by Gasteiger charge is -2.15. The van der Waals surface area contributed by atoms with Crippen molar-refractivity contribution in [2.75, 3.05) is 5.32 Å². The van der Waals surface area contributed by atoms with E-state index in [-0.39, 0.29) is 11.9 Å². The minimum absolute atomic E-state index is 0.0419. The molecule has 0 saturated carbocycles. The third-order valence-corrected chi connectivity index (χ3v) is 5.93. The van der Waals surface area contributed by atoms with Crippen LogP contribution in [0, 0.1) is 12.7 Å². The molecule has 5 nitrogen and oxygen atoms in total. The van der Waals surface area contributed by atoms with Gasteiger partial charge in [0.1, 0.15) is 5.82 Å². The summed E-state index contributed by atoms with van der Waals surface area (Å²) in [6.07, 6.45) is 3.57. The van der Waals surface area contributed by atoms with Crippen molar-refractivity contribution in [2.45, 2.75) is 26.4 Å². The van der Waals surface area contributed by atoms with Crippen LogP contribution >= 0.6 is 0 Å². The number of halogens is 1. The van der Waals surface area contributed by atoms with E-state index in [0.29, 0.717) is 12.5 Å². The quantitative estimate of drug-likeness (QED) is 0.293. The molecule has 2 heterocycles. The summed E-state index contributed by atoms with van der Waals surface area (Å²) in [6, 6.07) is 26.9. The summed E-state index contributed by atoms with van der Waals surface area (Å²) in [4.78, 5) is 14.0. The van der Waals surface area contributed by atoms with Crippen molar-refractivity contribution in [2.24, 2.45) is 0 Å². The fourth-order valence-corrected chi connectivity index (χ4v) is 4.18. The number of nitrogens with zero attached hydrogens (tertiary/aromatic N) is 4. The van der Waals surface area contributed by atoms with Crippen LogP contribution in [0.2, 0.25) is 0 Å². The first-order valence-corrected chi connectivity index (χ1v) is 11.6. The van der Waals surface area contributed by atoms with Gasteiger partial charge in [0.15, 0.2) is 0 Å². The van der Waals surface area contributed by atoms with Crippen LogP contribution in [0.3, 0.4) is 0 Å². The van der Waals surface area contributed by atoms with E-state index in [1.54, 1.807) is 18.3 Å². The molecule has 0 amide bonds. The largest absolute Gasteiger partial charge is 0.348 e. The third kappa shape index (κ3) is 5.11. The Labute approximate surface area is 204 Å². The Balaban J connectivity index is 1.54. The molecule has 5 rings (SSSR count). The normalized spacial score (nSPS) is 11.9. The Bertz CT molecular complexity index is 1430. The van der Waals surface area contributed by atoms with E-state index in [1.807, 2.05) is 30.6 Å².